The van der Waals surface area contributed by atoms with E-state index in [0.717, 1.165) is 5.56 Å². The van der Waals surface area contributed by atoms with Crippen LogP contribution in [0.4, 0.5) is 0 Å². The molecule has 1 N–H and O–H groups in total. The molecular formula is C20H21NO6. The average molecular weight is 371 g/mol. The molecule has 7 nitrogen and oxygen atoms in total. The SMILES string of the molecule is COc1ccc(C=CC(=O)NCc2ccc3c(c2)OCO3)c(OC)c1OC. The highest BCUT2D eigenvalue weighted by Crippen LogP contribution is 2.40. The van der Waals surface area contributed by atoms with E-state index in [0.29, 0.717) is 40.9 Å². The fourth-order valence-corrected chi connectivity index (χ4v) is 2.72. The van der Waals surface area contributed by atoms with Crippen LogP contribution in [0.25, 0.3) is 6.08 Å². The molecule has 1 aliphatic heterocycles. The largest absolute Gasteiger partial charge is 0.493 e. The Hall–Kier alpha value is -3.35. The van der Waals surface area contributed by atoms with Gasteiger partial charge in [-0.2, -0.15) is 0 Å². The first-order chi connectivity index (χ1) is 13.2. The van der Waals surface area contributed by atoms with Crippen LogP contribution in [-0.2, 0) is 11.3 Å². The molecule has 1 heterocycles. The maximum absolute atomic E-state index is 12.2. The summed E-state index contributed by atoms with van der Waals surface area (Å²) in [4.78, 5) is 12.2. The van der Waals surface area contributed by atoms with Crippen molar-refractivity contribution in [3.63, 3.8) is 0 Å². The molecule has 0 unspecified atom stereocenters. The lowest BCUT2D eigenvalue weighted by atomic mass is 10.1. The maximum atomic E-state index is 12.2. The van der Waals surface area contributed by atoms with Crippen molar-refractivity contribution >= 4 is 12.0 Å². The Morgan fingerprint density at radius 1 is 1.04 bits per heavy atom. The van der Waals surface area contributed by atoms with Gasteiger partial charge in [-0.15, -0.1) is 0 Å². The van der Waals surface area contributed by atoms with E-state index < -0.39 is 0 Å². The number of ether oxygens (including phenoxy) is 5. The zero-order valence-corrected chi connectivity index (χ0v) is 15.4. The summed E-state index contributed by atoms with van der Waals surface area (Å²) < 4.78 is 26.6. The van der Waals surface area contributed by atoms with Gasteiger partial charge in [0.2, 0.25) is 18.4 Å². The Balaban J connectivity index is 1.66. The van der Waals surface area contributed by atoms with Gasteiger partial charge in [0.25, 0.3) is 0 Å². The Kier molecular flexibility index (Phi) is 5.71. The second-order valence-corrected chi connectivity index (χ2v) is 5.66. The maximum Gasteiger partial charge on any atom is 0.244 e. The molecule has 1 aliphatic rings. The summed E-state index contributed by atoms with van der Waals surface area (Å²) in [5, 5.41) is 2.83. The van der Waals surface area contributed by atoms with E-state index in [9.17, 15) is 4.79 Å². The molecule has 0 radical (unpaired) electrons. The topological polar surface area (TPSA) is 75.3 Å². The third kappa shape index (κ3) is 4.08. The highest BCUT2D eigenvalue weighted by molar-refractivity contribution is 5.92. The summed E-state index contributed by atoms with van der Waals surface area (Å²) in [5.74, 6) is 2.70. The molecule has 0 bridgehead atoms. The van der Waals surface area contributed by atoms with Gasteiger partial charge in [-0.25, -0.2) is 0 Å². The van der Waals surface area contributed by atoms with Gasteiger partial charge >= 0.3 is 0 Å². The molecule has 0 aliphatic carbocycles. The number of nitrogens with one attached hydrogen (secondary N) is 1. The van der Waals surface area contributed by atoms with Crippen molar-refractivity contribution in [1.82, 2.24) is 5.32 Å². The van der Waals surface area contributed by atoms with Crippen molar-refractivity contribution in [1.29, 1.82) is 0 Å². The number of methoxy groups -OCH3 is 3. The van der Waals surface area contributed by atoms with E-state index in [1.807, 2.05) is 18.2 Å². The predicted octanol–water partition coefficient (Wildman–Crippen LogP) is 2.77. The summed E-state index contributed by atoms with van der Waals surface area (Å²) in [6, 6.07) is 9.11. The molecule has 1 amide bonds. The van der Waals surface area contributed by atoms with Crippen molar-refractivity contribution in [3.8, 4) is 28.7 Å². The summed E-state index contributed by atoms with van der Waals surface area (Å²) in [6.45, 7) is 0.601. The van der Waals surface area contributed by atoms with Crippen molar-refractivity contribution in [2.24, 2.45) is 0 Å². The van der Waals surface area contributed by atoms with Gasteiger partial charge in [0.05, 0.1) is 21.3 Å². The monoisotopic (exact) mass is 371 g/mol. The lowest BCUT2D eigenvalue weighted by Crippen LogP contribution is -2.20. The smallest absolute Gasteiger partial charge is 0.244 e. The molecule has 3 rings (SSSR count). The third-order valence-corrected chi connectivity index (χ3v) is 4.05. The predicted molar refractivity (Wildman–Crippen MR) is 99.5 cm³/mol. The van der Waals surface area contributed by atoms with Gasteiger partial charge in [-0.1, -0.05) is 6.07 Å². The van der Waals surface area contributed by atoms with Crippen molar-refractivity contribution in [2.45, 2.75) is 6.54 Å². The molecule has 2 aromatic carbocycles. The molecule has 0 saturated carbocycles. The van der Waals surface area contributed by atoms with Crippen molar-refractivity contribution in [2.75, 3.05) is 28.1 Å². The van der Waals surface area contributed by atoms with Crippen LogP contribution in [0.5, 0.6) is 28.7 Å². The van der Waals surface area contributed by atoms with Gasteiger partial charge in [0.1, 0.15) is 0 Å². The zero-order chi connectivity index (χ0) is 19.2. The normalized spacial score (nSPS) is 12.1. The van der Waals surface area contributed by atoms with E-state index >= 15 is 0 Å². The fourth-order valence-electron chi connectivity index (χ4n) is 2.72. The zero-order valence-electron chi connectivity index (χ0n) is 15.4. The van der Waals surface area contributed by atoms with Gasteiger partial charge < -0.3 is 29.0 Å². The number of benzene rings is 2. The lowest BCUT2D eigenvalue weighted by molar-refractivity contribution is -0.116. The number of carbonyl (C=O) groups excluding carboxylic acids is 1. The Morgan fingerprint density at radius 2 is 1.81 bits per heavy atom. The summed E-state index contributed by atoms with van der Waals surface area (Å²) in [5.41, 5.74) is 1.62. The molecular weight excluding hydrogens is 350 g/mol. The first-order valence-corrected chi connectivity index (χ1v) is 8.29. The van der Waals surface area contributed by atoms with Crippen LogP contribution >= 0.6 is 0 Å². The van der Waals surface area contributed by atoms with E-state index in [-0.39, 0.29) is 12.7 Å². The molecule has 7 heteroatoms. The number of fused-ring (bicyclic) bond motifs is 1. The third-order valence-electron chi connectivity index (χ3n) is 4.05. The van der Waals surface area contributed by atoms with Gasteiger partial charge in [-0.3, -0.25) is 4.79 Å². The molecule has 0 fully saturated rings. The molecule has 2 aromatic rings. The summed E-state index contributed by atoms with van der Waals surface area (Å²) in [6.07, 6.45) is 3.10. The Morgan fingerprint density at radius 3 is 2.56 bits per heavy atom. The molecule has 0 atom stereocenters. The van der Waals surface area contributed by atoms with Gasteiger partial charge in [-0.05, 0) is 35.9 Å². The second-order valence-electron chi connectivity index (χ2n) is 5.66. The van der Waals surface area contributed by atoms with Gasteiger partial charge in [0.15, 0.2) is 23.0 Å². The van der Waals surface area contributed by atoms with Crippen LogP contribution in [0.15, 0.2) is 36.4 Å². The van der Waals surface area contributed by atoms with Crippen LogP contribution in [0, 0.1) is 0 Å². The lowest BCUT2D eigenvalue weighted by Gasteiger charge is -2.14. The fraction of sp³-hybridized carbons (Fsp3) is 0.250. The Labute approximate surface area is 157 Å². The van der Waals surface area contributed by atoms with E-state index in [4.69, 9.17) is 23.7 Å². The van der Waals surface area contributed by atoms with Crippen LogP contribution < -0.4 is 29.0 Å². The number of carbonyl (C=O) groups is 1. The summed E-state index contributed by atoms with van der Waals surface area (Å²) >= 11 is 0. The van der Waals surface area contributed by atoms with Crippen LogP contribution in [0.2, 0.25) is 0 Å². The molecule has 27 heavy (non-hydrogen) atoms. The molecule has 142 valence electrons. The van der Waals surface area contributed by atoms with E-state index in [2.05, 4.69) is 5.32 Å². The van der Waals surface area contributed by atoms with Crippen molar-refractivity contribution in [3.05, 3.63) is 47.5 Å². The minimum atomic E-state index is -0.232. The number of rotatable bonds is 7. The van der Waals surface area contributed by atoms with Crippen LogP contribution in [-0.4, -0.2) is 34.0 Å². The molecule has 0 spiro atoms. The first-order valence-electron chi connectivity index (χ1n) is 8.29. The van der Waals surface area contributed by atoms with Crippen LogP contribution in [0.3, 0.4) is 0 Å². The minimum Gasteiger partial charge on any atom is -0.493 e. The Bertz CT molecular complexity index is 862. The molecule has 0 saturated heterocycles. The summed E-state index contributed by atoms with van der Waals surface area (Å²) in [7, 11) is 4.62. The van der Waals surface area contributed by atoms with Gasteiger partial charge in [0, 0.05) is 18.2 Å². The van der Waals surface area contributed by atoms with Crippen LogP contribution in [0.1, 0.15) is 11.1 Å². The average Bonchev–Trinajstić information content (AvgIpc) is 3.17. The minimum absolute atomic E-state index is 0.223. The number of amides is 1. The number of hydrogen-bond acceptors (Lipinski definition) is 6. The standard InChI is InChI=1S/C20H21NO6/c1-23-16-8-5-14(19(24-2)20(16)25-3)6-9-18(22)21-11-13-4-7-15-17(10-13)27-12-26-15/h4-10H,11-12H2,1-3H3,(H,21,22). The van der Waals surface area contributed by atoms with E-state index in [1.54, 1.807) is 25.3 Å². The first kappa shape index (κ1) is 18.4. The number of hydrogen-bond donors (Lipinski definition) is 1. The van der Waals surface area contributed by atoms with Crippen molar-refractivity contribution < 1.29 is 28.5 Å². The quantitative estimate of drug-likeness (QED) is 0.755. The van der Waals surface area contributed by atoms with E-state index in [1.165, 1.54) is 20.3 Å². The molecule has 0 aromatic heterocycles. The highest BCUT2D eigenvalue weighted by atomic mass is 16.7. The second kappa shape index (κ2) is 8.35. The highest BCUT2D eigenvalue weighted by Gasteiger charge is 2.15.